The molecule has 98 valence electrons. The molecule has 0 aromatic heterocycles. The number of ether oxygens (including phenoxy) is 1. The van der Waals surface area contributed by atoms with Crippen molar-refractivity contribution in [2.75, 3.05) is 0 Å². The van der Waals surface area contributed by atoms with Crippen LogP contribution in [0.25, 0.3) is 0 Å². The molecule has 1 aromatic rings. The largest absolute Gasteiger partial charge is 0.481 e. The number of hydrogen-bond acceptors (Lipinski definition) is 4. The van der Waals surface area contributed by atoms with Crippen LogP contribution in [0, 0.1) is 0 Å². The van der Waals surface area contributed by atoms with E-state index in [1.54, 1.807) is 38.1 Å². The van der Waals surface area contributed by atoms with E-state index in [4.69, 9.17) is 4.74 Å². The van der Waals surface area contributed by atoms with Crippen LogP contribution in [0.3, 0.4) is 0 Å². The summed E-state index contributed by atoms with van der Waals surface area (Å²) in [5.41, 5.74) is 0.192. The van der Waals surface area contributed by atoms with Gasteiger partial charge in [-0.2, -0.15) is 0 Å². The maximum Gasteiger partial charge on any atom is 0.228 e. The molecule has 1 N–H and O–H groups in total. The number of fused-ring (bicyclic) bond motifs is 1. The van der Waals surface area contributed by atoms with Crippen LogP contribution >= 0.6 is 0 Å². The van der Waals surface area contributed by atoms with E-state index in [9.17, 15) is 14.7 Å². The lowest BCUT2D eigenvalue weighted by atomic mass is 9.81. The van der Waals surface area contributed by atoms with Crippen molar-refractivity contribution in [2.45, 2.75) is 32.0 Å². The molecule has 4 nitrogen and oxygen atoms in total. The highest BCUT2D eigenvalue weighted by atomic mass is 16.5. The second-order valence-corrected chi connectivity index (χ2v) is 5.44. The molecule has 4 heteroatoms. The summed E-state index contributed by atoms with van der Waals surface area (Å²) in [6.45, 7) is 3.42. The van der Waals surface area contributed by atoms with Gasteiger partial charge in [0.2, 0.25) is 5.78 Å². The lowest BCUT2D eigenvalue weighted by molar-refractivity contribution is -0.0798. The van der Waals surface area contributed by atoms with Gasteiger partial charge in [-0.3, -0.25) is 9.59 Å². The monoisotopic (exact) mass is 258 g/mol. The minimum Gasteiger partial charge on any atom is -0.481 e. The second kappa shape index (κ2) is 3.78. The number of Topliss-reactive ketones (excluding diaryl/α,β-unsaturated/α-hetero) is 2. The van der Waals surface area contributed by atoms with E-state index < -0.39 is 11.7 Å². The fourth-order valence-corrected chi connectivity index (χ4v) is 2.47. The Balaban J connectivity index is 2.16. The van der Waals surface area contributed by atoms with E-state index in [2.05, 4.69) is 0 Å². The Morgan fingerprint density at radius 1 is 1.16 bits per heavy atom. The summed E-state index contributed by atoms with van der Waals surface area (Å²) >= 11 is 0. The van der Waals surface area contributed by atoms with Crippen LogP contribution in [0.5, 0.6) is 0 Å². The van der Waals surface area contributed by atoms with Gasteiger partial charge >= 0.3 is 0 Å². The van der Waals surface area contributed by atoms with Crippen molar-refractivity contribution in [3.05, 3.63) is 46.7 Å². The molecule has 1 aromatic carbocycles. The zero-order valence-corrected chi connectivity index (χ0v) is 10.8. The molecule has 1 aliphatic carbocycles. The number of ketones is 2. The SMILES string of the molecule is CC1(C)OC2=C(C[C@H]1O)C(=O)c1ccccc1C2=O. The summed E-state index contributed by atoms with van der Waals surface area (Å²) in [4.78, 5) is 24.7. The predicted octanol–water partition coefficient (Wildman–Crippen LogP) is 1.88. The molecule has 3 rings (SSSR count). The van der Waals surface area contributed by atoms with E-state index in [0.29, 0.717) is 11.1 Å². The van der Waals surface area contributed by atoms with Crippen LogP contribution < -0.4 is 0 Å². The molecule has 0 saturated heterocycles. The van der Waals surface area contributed by atoms with Crippen LogP contribution in [0.4, 0.5) is 0 Å². The molecule has 1 aliphatic heterocycles. The molecule has 19 heavy (non-hydrogen) atoms. The van der Waals surface area contributed by atoms with Crippen molar-refractivity contribution in [1.82, 2.24) is 0 Å². The van der Waals surface area contributed by atoms with Crippen LogP contribution in [-0.4, -0.2) is 28.4 Å². The lowest BCUT2D eigenvalue weighted by Crippen LogP contribution is -2.46. The van der Waals surface area contributed by atoms with Gasteiger partial charge in [-0.05, 0) is 13.8 Å². The maximum absolute atomic E-state index is 12.4. The normalized spacial score (nSPS) is 24.7. The molecule has 0 amide bonds. The van der Waals surface area contributed by atoms with E-state index in [1.807, 2.05) is 0 Å². The first-order chi connectivity index (χ1) is 8.92. The zero-order valence-electron chi connectivity index (χ0n) is 10.8. The van der Waals surface area contributed by atoms with Gasteiger partial charge in [0, 0.05) is 23.1 Å². The van der Waals surface area contributed by atoms with Gasteiger partial charge in [0.25, 0.3) is 0 Å². The fraction of sp³-hybridized carbons (Fsp3) is 0.333. The standard InChI is InChI=1S/C15H14O4/c1-15(2)11(16)7-10-12(17)8-5-3-4-6-9(8)13(18)14(10)19-15/h3-6,11,16H,7H2,1-2H3/t11-/m1/s1. The molecular formula is C15H14O4. The number of aliphatic hydroxyl groups excluding tert-OH is 1. The number of benzene rings is 1. The van der Waals surface area contributed by atoms with Crippen molar-refractivity contribution in [3.8, 4) is 0 Å². The Morgan fingerprint density at radius 3 is 2.37 bits per heavy atom. The highest BCUT2D eigenvalue weighted by molar-refractivity contribution is 6.26. The Labute approximate surface area is 110 Å². The van der Waals surface area contributed by atoms with Crippen LogP contribution in [0.1, 0.15) is 41.0 Å². The maximum atomic E-state index is 12.4. The first-order valence-electron chi connectivity index (χ1n) is 6.20. The van der Waals surface area contributed by atoms with Crippen molar-refractivity contribution in [1.29, 1.82) is 0 Å². The van der Waals surface area contributed by atoms with E-state index in [1.165, 1.54) is 0 Å². The number of allylic oxidation sites excluding steroid dienone is 1. The van der Waals surface area contributed by atoms with Gasteiger partial charge in [-0.15, -0.1) is 0 Å². The number of hydrogen-bond donors (Lipinski definition) is 1. The van der Waals surface area contributed by atoms with Crippen molar-refractivity contribution < 1.29 is 19.4 Å². The number of carbonyl (C=O) groups is 2. The molecule has 0 saturated carbocycles. The summed E-state index contributed by atoms with van der Waals surface area (Å²) in [6.07, 6.45) is -0.644. The summed E-state index contributed by atoms with van der Waals surface area (Å²) in [5.74, 6) is -0.399. The average molecular weight is 258 g/mol. The Bertz CT molecular complexity index is 625. The first kappa shape index (κ1) is 12.1. The number of aliphatic hydroxyl groups is 1. The van der Waals surface area contributed by atoms with Crippen molar-refractivity contribution in [2.24, 2.45) is 0 Å². The Kier molecular flexibility index (Phi) is 2.41. The van der Waals surface area contributed by atoms with Crippen molar-refractivity contribution >= 4 is 11.6 Å². The van der Waals surface area contributed by atoms with Gasteiger partial charge in [0.05, 0.1) is 6.10 Å². The van der Waals surface area contributed by atoms with E-state index >= 15 is 0 Å². The number of carbonyl (C=O) groups excluding carboxylic acids is 2. The van der Waals surface area contributed by atoms with E-state index in [-0.39, 0.29) is 29.3 Å². The van der Waals surface area contributed by atoms with Gasteiger partial charge in [0.15, 0.2) is 11.5 Å². The highest BCUT2D eigenvalue weighted by Gasteiger charge is 2.44. The minimum absolute atomic E-state index is 0.0963. The zero-order chi connectivity index (χ0) is 13.8. The molecule has 1 atom stereocenters. The summed E-state index contributed by atoms with van der Waals surface area (Å²) in [5, 5.41) is 10.0. The Hall–Kier alpha value is -1.94. The van der Waals surface area contributed by atoms with Gasteiger partial charge < -0.3 is 9.84 Å². The lowest BCUT2D eigenvalue weighted by Gasteiger charge is -2.39. The third-order valence-electron chi connectivity index (χ3n) is 3.74. The van der Waals surface area contributed by atoms with Crippen LogP contribution in [0.2, 0.25) is 0 Å². The smallest absolute Gasteiger partial charge is 0.228 e. The first-order valence-corrected chi connectivity index (χ1v) is 6.20. The summed E-state index contributed by atoms with van der Waals surface area (Å²) in [7, 11) is 0. The molecule has 1 heterocycles. The molecule has 0 fully saturated rings. The summed E-state index contributed by atoms with van der Waals surface area (Å²) < 4.78 is 5.59. The second-order valence-electron chi connectivity index (χ2n) is 5.44. The van der Waals surface area contributed by atoms with Crippen molar-refractivity contribution in [3.63, 3.8) is 0 Å². The summed E-state index contributed by atoms with van der Waals surface area (Å²) in [6, 6.07) is 6.70. The van der Waals surface area contributed by atoms with E-state index in [0.717, 1.165) is 0 Å². The molecule has 0 radical (unpaired) electrons. The van der Waals surface area contributed by atoms with Crippen LogP contribution in [0.15, 0.2) is 35.6 Å². The van der Waals surface area contributed by atoms with Gasteiger partial charge in [-0.1, -0.05) is 24.3 Å². The molecule has 0 bridgehead atoms. The quantitative estimate of drug-likeness (QED) is 0.771. The predicted molar refractivity (Wildman–Crippen MR) is 67.9 cm³/mol. The van der Waals surface area contributed by atoms with Crippen LogP contribution in [-0.2, 0) is 4.74 Å². The average Bonchev–Trinajstić information content (AvgIpc) is 2.38. The fourth-order valence-electron chi connectivity index (χ4n) is 2.47. The number of rotatable bonds is 0. The molecule has 0 spiro atoms. The topological polar surface area (TPSA) is 63.6 Å². The molecule has 2 aliphatic rings. The van der Waals surface area contributed by atoms with Gasteiger partial charge in [-0.25, -0.2) is 0 Å². The molecular weight excluding hydrogens is 244 g/mol. The van der Waals surface area contributed by atoms with Gasteiger partial charge in [0.1, 0.15) is 5.60 Å². The third kappa shape index (κ3) is 1.64. The molecule has 0 unspecified atom stereocenters. The minimum atomic E-state index is -0.860. The highest BCUT2D eigenvalue weighted by Crippen LogP contribution is 2.38. The Morgan fingerprint density at radius 2 is 1.74 bits per heavy atom. The third-order valence-corrected chi connectivity index (χ3v) is 3.74.